The van der Waals surface area contributed by atoms with Crippen LogP contribution >= 0.6 is 0 Å². The fourth-order valence-corrected chi connectivity index (χ4v) is 4.20. The Morgan fingerprint density at radius 2 is 1.94 bits per heavy atom. The number of nitrogens with zero attached hydrogens (tertiary/aromatic N) is 2. The number of hydrogen-bond acceptors (Lipinski definition) is 4. The molecule has 158 valence electrons. The molecule has 0 saturated carbocycles. The maximum Gasteiger partial charge on any atom is 0.289 e. The summed E-state index contributed by atoms with van der Waals surface area (Å²) in [5, 5.41) is 13.7. The Labute approximate surface area is 185 Å². The first-order chi connectivity index (χ1) is 15.7. The number of allylic oxidation sites excluding steroid dienone is 1. The van der Waals surface area contributed by atoms with Crippen LogP contribution in [0.25, 0.3) is 28.1 Å². The number of hydrogen-bond donors (Lipinski definition) is 2. The lowest BCUT2D eigenvalue weighted by atomic mass is 9.98. The maximum atomic E-state index is 12.5. The van der Waals surface area contributed by atoms with Crippen LogP contribution in [-0.2, 0) is 12.8 Å². The average molecular weight is 422 g/mol. The molecule has 0 spiro atoms. The first-order valence-electron chi connectivity index (χ1n) is 10.5. The zero-order chi connectivity index (χ0) is 21.9. The van der Waals surface area contributed by atoms with Gasteiger partial charge in [-0.25, -0.2) is 5.43 Å². The molecule has 1 amide bonds. The van der Waals surface area contributed by atoms with E-state index in [0.29, 0.717) is 5.69 Å². The van der Waals surface area contributed by atoms with Gasteiger partial charge in [0.05, 0.1) is 12.8 Å². The molecule has 1 aromatic heterocycles. The number of rotatable bonds is 6. The Morgan fingerprint density at radius 3 is 2.81 bits per heavy atom. The molecular formula is C26H22N4O2. The van der Waals surface area contributed by atoms with Crippen LogP contribution in [0.15, 0.2) is 71.8 Å². The largest absolute Gasteiger partial charge is 0.496 e. The Bertz CT molecular complexity index is 1360. The number of ether oxygens (including phenoxy) is 1. The molecule has 32 heavy (non-hydrogen) atoms. The molecule has 1 aliphatic carbocycles. The van der Waals surface area contributed by atoms with Crippen molar-refractivity contribution in [2.24, 2.45) is 5.10 Å². The summed E-state index contributed by atoms with van der Waals surface area (Å²) in [7, 11) is 1.63. The van der Waals surface area contributed by atoms with Gasteiger partial charge in [0.15, 0.2) is 0 Å². The van der Waals surface area contributed by atoms with Gasteiger partial charge in [-0.3, -0.25) is 9.89 Å². The number of hydrazone groups is 1. The molecule has 3 aromatic carbocycles. The van der Waals surface area contributed by atoms with Crippen molar-refractivity contribution in [3.8, 4) is 17.0 Å². The van der Waals surface area contributed by atoms with Gasteiger partial charge < -0.3 is 4.74 Å². The summed E-state index contributed by atoms with van der Waals surface area (Å²) in [6, 6.07) is 20.1. The van der Waals surface area contributed by atoms with Gasteiger partial charge in [0.2, 0.25) is 0 Å². The van der Waals surface area contributed by atoms with E-state index in [1.165, 1.54) is 28.1 Å². The smallest absolute Gasteiger partial charge is 0.289 e. The summed E-state index contributed by atoms with van der Waals surface area (Å²) in [4.78, 5) is 12.5. The lowest BCUT2D eigenvalue weighted by molar-refractivity contribution is 0.0950. The number of benzene rings is 3. The van der Waals surface area contributed by atoms with E-state index in [1.807, 2.05) is 30.3 Å². The first kappa shape index (κ1) is 19.8. The van der Waals surface area contributed by atoms with Gasteiger partial charge in [-0.15, -0.1) is 0 Å². The van der Waals surface area contributed by atoms with Crippen LogP contribution in [0.1, 0.15) is 27.2 Å². The van der Waals surface area contributed by atoms with E-state index in [9.17, 15) is 4.79 Å². The van der Waals surface area contributed by atoms with Crippen molar-refractivity contribution in [3.63, 3.8) is 0 Å². The summed E-state index contributed by atoms with van der Waals surface area (Å²) < 4.78 is 5.30. The van der Waals surface area contributed by atoms with E-state index >= 15 is 0 Å². The number of carbonyl (C=O) groups excluding carboxylic acids is 1. The minimum absolute atomic E-state index is 0.350. The topological polar surface area (TPSA) is 79.4 Å². The fourth-order valence-electron chi connectivity index (χ4n) is 4.20. The molecule has 1 heterocycles. The summed E-state index contributed by atoms with van der Waals surface area (Å²) in [6.07, 6.45) is 7.27. The third-order valence-electron chi connectivity index (χ3n) is 5.72. The predicted octanol–water partition coefficient (Wildman–Crippen LogP) is 4.77. The molecular weight excluding hydrogens is 400 g/mol. The van der Waals surface area contributed by atoms with Gasteiger partial charge in [0.25, 0.3) is 5.91 Å². The summed E-state index contributed by atoms with van der Waals surface area (Å²) in [6.45, 7) is 0. The Morgan fingerprint density at radius 1 is 1.09 bits per heavy atom. The Hall–Kier alpha value is -4.19. The van der Waals surface area contributed by atoms with Crippen LogP contribution in [0, 0.1) is 0 Å². The molecule has 6 nitrogen and oxygen atoms in total. The van der Waals surface area contributed by atoms with E-state index in [2.05, 4.69) is 51.1 Å². The van der Waals surface area contributed by atoms with Crippen molar-refractivity contribution < 1.29 is 9.53 Å². The van der Waals surface area contributed by atoms with Gasteiger partial charge >= 0.3 is 0 Å². The first-order valence-corrected chi connectivity index (χ1v) is 10.5. The van der Waals surface area contributed by atoms with Crippen LogP contribution in [0.5, 0.6) is 5.75 Å². The second-order valence-corrected chi connectivity index (χ2v) is 7.60. The van der Waals surface area contributed by atoms with Crippen LogP contribution < -0.4 is 10.2 Å². The zero-order valence-electron chi connectivity index (χ0n) is 17.6. The number of amides is 1. The fraction of sp³-hybridized carbons (Fsp3) is 0.115. The minimum atomic E-state index is -0.350. The molecule has 1 aliphatic rings. The zero-order valence-corrected chi connectivity index (χ0v) is 17.6. The quantitative estimate of drug-likeness (QED) is 0.347. The van der Waals surface area contributed by atoms with Crippen molar-refractivity contribution in [1.82, 2.24) is 15.6 Å². The monoisotopic (exact) mass is 422 g/mol. The summed E-state index contributed by atoms with van der Waals surface area (Å²) in [5.74, 6) is 0.422. The molecule has 0 saturated heterocycles. The highest BCUT2D eigenvalue weighted by Gasteiger charge is 2.18. The van der Waals surface area contributed by atoms with E-state index in [4.69, 9.17) is 4.74 Å². The molecule has 2 N–H and O–H groups in total. The van der Waals surface area contributed by atoms with E-state index in [1.54, 1.807) is 19.3 Å². The highest BCUT2D eigenvalue weighted by Crippen LogP contribution is 2.36. The number of carbonyl (C=O) groups is 1. The standard InChI is InChI=1S/C26H22N4O2/c1-32-24-10-3-2-6-17(24)8-5-15-27-30-26(31)23-16-22(28-29-23)20-14-13-19-12-11-18-7-4-9-21(20)25(18)19/h2-10,13-16H,11-12H2,1H3,(H,28,29)(H,30,31)/b8-5+,27-15-. The third kappa shape index (κ3) is 3.67. The number of aromatic amines is 1. The molecule has 0 fully saturated rings. The number of para-hydroxylation sites is 1. The van der Waals surface area contributed by atoms with Gasteiger partial charge in [-0.1, -0.05) is 48.5 Å². The summed E-state index contributed by atoms with van der Waals surface area (Å²) in [5.41, 5.74) is 8.32. The normalized spacial score (nSPS) is 12.8. The van der Waals surface area contributed by atoms with Gasteiger partial charge in [-0.05, 0) is 59.0 Å². The van der Waals surface area contributed by atoms with Crippen molar-refractivity contribution >= 4 is 29.0 Å². The van der Waals surface area contributed by atoms with E-state index in [0.717, 1.165) is 35.4 Å². The molecule has 0 bridgehead atoms. The molecule has 4 aromatic rings. The van der Waals surface area contributed by atoms with Crippen molar-refractivity contribution in [1.29, 1.82) is 0 Å². The molecule has 5 rings (SSSR count). The van der Waals surface area contributed by atoms with Gasteiger partial charge in [0, 0.05) is 17.3 Å². The van der Waals surface area contributed by atoms with Crippen molar-refractivity contribution in [3.05, 3.63) is 89.1 Å². The van der Waals surface area contributed by atoms with Crippen molar-refractivity contribution in [2.75, 3.05) is 7.11 Å². The van der Waals surface area contributed by atoms with Crippen molar-refractivity contribution in [2.45, 2.75) is 12.8 Å². The number of aryl methyl sites for hydroxylation is 2. The van der Waals surface area contributed by atoms with Crippen LogP contribution in [0.2, 0.25) is 0 Å². The highest BCUT2D eigenvalue weighted by atomic mass is 16.5. The number of H-pyrrole nitrogens is 1. The van der Waals surface area contributed by atoms with E-state index < -0.39 is 0 Å². The van der Waals surface area contributed by atoms with Gasteiger partial charge in [-0.2, -0.15) is 10.2 Å². The van der Waals surface area contributed by atoms with Gasteiger partial charge in [0.1, 0.15) is 11.4 Å². The molecule has 0 radical (unpaired) electrons. The SMILES string of the molecule is COc1ccccc1/C=C/C=N\NC(=O)c1cc(-c2ccc3c4c(cccc24)CC3)n[nH]1. The lowest BCUT2D eigenvalue weighted by Gasteiger charge is -2.06. The Balaban J connectivity index is 1.29. The molecule has 6 heteroatoms. The molecule has 0 unspecified atom stereocenters. The lowest BCUT2D eigenvalue weighted by Crippen LogP contribution is -2.17. The number of nitrogens with one attached hydrogen (secondary N) is 2. The maximum absolute atomic E-state index is 12.5. The van der Waals surface area contributed by atoms with Crippen LogP contribution in [-0.4, -0.2) is 29.4 Å². The Kier molecular flexibility index (Phi) is 5.25. The van der Waals surface area contributed by atoms with Crippen LogP contribution in [0.4, 0.5) is 0 Å². The average Bonchev–Trinajstić information content (AvgIpc) is 3.48. The second kappa shape index (κ2) is 8.51. The summed E-state index contributed by atoms with van der Waals surface area (Å²) >= 11 is 0. The molecule has 0 aliphatic heterocycles. The third-order valence-corrected chi connectivity index (χ3v) is 5.72. The number of methoxy groups -OCH3 is 1. The predicted molar refractivity (Wildman–Crippen MR) is 127 cm³/mol. The van der Waals surface area contributed by atoms with Crippen LogP contribution in [0.3, 0.4) is 0 Å². The second-order valence-electron chi connectivity index (χ2n) is 7.60. The highest BCUT2D eigenvalue weighted by molar-refractivity contribution is 6.02. The molecule has 0 atom stereocenters. The van der Waals surface area contributed by atoms with E-state index in [-0.39, 0.29) is 5.91 Å². The minimum Gasteiger partial charge on any atom is -0.496 e. The number of aromatic nitrogens is 2.